The van der Waals surface area contributed by atoms with Crippen molar-refractivity contribution >= 4 is 44.2 Å². The molecular weight excluding hydrogens is 410 g/mol. The summed E-state index contributed by atoms with van der Waals surface area (Å²) < 4.78 is 12.0. The molecule has 0 atom stereocenters. The Balaban J connectivity index is 1.35. The van der Waals surface area contributed by atoms with Crippen LogP contribution in [0.15, 0.2) is 36.4 Å². The first kappa shape index (κ1) is 20.1. The fourth-order valence-corrected chi connectivity index (χ4v) is 4.21. The SMILES string of the molecule is Cc1cc(OCC(=O)Nc2nc3ccc(CN4CCOCC4)cc3s2)ccc1Cl. The van der Waals surface area contributed by atoms with Crippen molar-refractivity contribution < 1.29 is 14.3 Å². The van der Waals surface area contributed by atoms with Crippen LogP contribution in [0.3, 0.4) is 0 Å². The minimum absolute atomic E-state index is 0.0840. The van der Waals surface area contributed by atoms with Gasteiger partial charge in [-0.3, -0.25) is 15.0 Å². The Morgan fingerprint density at radius 2 is 2.10 bits per heavy atom. The van der Waals surface area contributed by atoms with E-state index in [1.165, 1.54) is 16.9 Å². The van der Waals surface area contributed by atoms with Crippen LogP contribution in [0.2, 0.25) is 5.02 Å². The number of carbonyl (C=O) groups is 1. The number of ether oxygens (including phenoxy) is 2. The topological polar surface area (TPSA) is 63.7 Å². The summed E-state index contributed by atoms with van der Waals surface area (Å²) in [4.78, 5) is 19.1. The number of carbonyl (C=O) groups excluding carboxylic acids is 1. The molecule has 2 aromatic carbocycles. The van der Waals surface area contributed by atoms with Gasteiger partial charge in [-0.25, -0.2) is 4.98 Å². The lowest BCUT2D eigenvalue weighted by molar-refractivity contribution is -0.118. The molecule has 1 aromatic heterocycles. The number of nitrogens with one attached hydrogen (secondary N) is 1. The number of aryl methyl sites for hydroxylation is 1. The van der Waals surface area contributed by atoms with Crippen LogP contribution in [-0.4, -0.2) is 48.7 Å². The van der Waals surface area contributed by atoms with E-state index in [-0.39, 0.29) is 12.5 Å². The molecular formula is C21H22ClN3O3S. The second kappa shape index (κ2) is 9.09. The third kappa shape index (κ3) is 5.25. The molecule has 1 aliphatic rings. The number of nitrogens with zero attached hydrogens (tertiary/aromatic N) is 2. The van der Waals surface area contributed by atoms with Crippen molar-refractivity contribution in [2.24, 2.45) is 0 Å². The van der Waals surface area contributed by atoms with E-state index in [0.717, 1.165) is 48.6 Å². The Kier molecular flexibility index (Phi) is 6.30. The molecule has 8 heteroatoms. The van der Waals surface area contributed by atoms with Crippen molar-refractivity contribution in [2.45, 2.75) is 13.5 Å². The maximum atomic E-state index is 12.2. The zero-order chi connectivity index (χ0) is 20.2. The Labute approximate surface area is 178 Å². The third-order valence-electron chi connectivity index (χ3n) is 4.71. The average Bonchev–Trinajstić information content (AvgIpc) is 3.11. The molecule has 0 spiro atoms. The molecule has 1 fully saturated rings. The summed E-state index contributed by atoms with van der Waals surface area (Å²) in [6.45, 7) is 6.19. The molecule has 0 unspecified atom stereocenters. The second-order valence-corrected chi connectivity index (χ2v) is 8.40. The van der Waals surface area contributed by atoms with E-state index in [9.17, 15) is 4.79 Å². The van der Waals surface area contributed by atoms with Gasteiger partial charge in [-0.05, 0) is 48.4 Å². The molecule has 3 aromatic rings. The lowest BCUT2D eigenvalue weighted by atomic mass is 10.2. The van der Waals surface area contributed by atoms with E-state index in [2.05, 4.69) is 27.3 Å². The van der Waals surface area contributed by atoms with E-state index in [0.29, 0.717) is 15.9 Å². The van der Waals surface area contributed by atoms with Gasteiger partial charge in [-0.2, -0.15) is 0 Å². The highest BCUT2D eigenvalue weighted by Gasteiger charge is 2.13. The molecule has 2 heterocycles. The fraction of sp³-hybridized carbons (Fsp3) is 0.333. The molecule has 29 heavy (non-hydrogen) atoms. The summed E-state index contributed by atoms with van der Waals surface area (Å²) in [6.07, 6.45) is 0. The molecule has 4 rings (SSSR count). The molecule has 0 bridgehead atoms. The molecule has 1 amide bonds. The molecule has 0 radical (unpaired) electrons. The van der Waals surface area contributed by atoms with Crippen LogP contribution >= 0.6 is 22.9 Å². The monoisotopic (exact) mass is 431 g/mol. The van der Waals surface area contributed by atoms with Crippen LogP contribution in [0.5, 0.6) is 5.75 Å². The van der Waals surface area contributed by atoms with Crippen LogP contribution in [0, 0.1) is 6.92 Å². The lowest BCUT2D eigenvalue weighted by Gasteiger charge is -2.26. The minimum Gasteiger partial charge on any atom is -0.484 e. The van der Waals surface area contributed by atoms with Gasteiger partial charge in [0.1, 0.15) is 5.75 Å². The first-order valence-corrected chi connectivity index (χ1v) is 10.6. The summed E-state index contributed by atoms with van der Waals surface area (Å²) in [7, 11) is 0. The maximum absolute atomic E-state index is 12.2. The van der Waals surface area contributed by atoms with Crippen molar-refractivity contribution in [1.82, 2.24) is 9.88 Å². The van der Waals surface area contributed by atoms with Crippen molar-refractivity contribution in [1.29, 1.82) is 0 Å². The number of hydrogen-bond donors (Lipinski definition) is 1. The lowest BCUT2D eigenvalue weighted by Crippen LogP contribution is -2.35. The van der Waals surface area contributed by atoms with Crippen LogP contribution in [0.4, 0.5) is 5.13 Å². The van der Waals surface area contributed by atoms with E-state index in [4.69, 9.17) is 21.1 Å². The second-order valence-electron chi connectivity index (χ2n) is 6.96. The maximum Gasteiger partial charge on any atom is 0.264 e. The largest absolute Gasteiger partial charge is 0.484 e. The van der Waals surface area contributed by atoms with Gasteiger partial charge >= 0.3 is 0 Å². The van der Waals surface area contributed by atoms with E-state index in [1.807, 2.05) is 19.1 Å². The number of rotatable bonds is 6. The normalized spacial score (nSPS) is 14.8. The first-order valence-electron chi connectivity index (χ1n) is 9.45. The van der Waals surface area contributed by atoms with E-state index in [1.54, 1.807) is 12.1 Å². The molecule has 152 valence electrons. The number of benzene rings is 2. The number of hydrogen-bond acceptors (Lipinski definition) is 6. The molecule has 6 nitrogen and oxygen atoms in total. The first-order chi connectivity index (χ1) is 14.1. The number of anilines is 1. The van der Waals surface area contributed by atoms with E-state index < -0.39 is 0 Å². The van der Waals surface area contributed by atoms with Crippen LogP contribution in [0.25, 0.3) is 10.2 Å². The van der Waals surface area contributed by atoms with Crippen LogP contribution in [0.1, 0.15) is 11.1 Å². The van der Waals surface area contributed by atoms with Gasteiger partial charge < -0.3 is 9.47 Å². The van der Waals surface area contributed by atoms with Gasteiger partial charge in [-0.1, -0.05) is 29.0 Å². The van der Waals surface area contributed by atoms with Gasteiger partial charge in [0.05, 0.1) is 23.4 Å². The van der Waals surface area contributed by atoms with Gasteiger partial charge in [0, 0.05) is 24.7 Å². The summed E-state index contributed by atoms with van der Waals surface area (Å²) in [5.41, 5.74) is 3.02. The predicted molar refractivity (Wildman–Crippen MR) is 116 cm³/mol. The fourth-order valence-electron chi connectivity index (χ4n) is 3.15. The quantitative estimate of drug-likeness (QED) is 0.636. The van der Waals surface area contributed by atoms with Crippen molar-refractivity contribution in [2.75, 3.05) is 38.2 Å². The number of aromatic nitrogens is 1. The summed E-state index contributed by atoms with van der Waals surface area (Å²) in [6, 6.07) is 11.6. The Hall–Kier alpha value is -2.19. The highest BCUT2D eigenvalue weighted by atomic mass is 35.5. The molecule has 0 saturated carbocycles. The third-order valence-corrected chi connectivity index (χ3v) is 6.07. The number of halogens is 1. The van der Waals surface area contributed by atoms with Gasteiger partial charge in [0.25, 0.3) is 5.91 Å². The van der Waals surface area contributed by atoms with Crippen LogP contribution in [-0.2, 0) is 16.1 Å². The van der Waals surface area contributed by atoms with Gasteiger partial charge in [0.15, 0.2) is 11.7 Å². The Morgan fingerprint density at radius 1 is 1.28 bits per heavy atom. The average molecular weight is 432 g/mol. The predicted octanol–water partition coefficient (Wildman–Crippen LogP) is 4.11. The summed E-state index contributed by atoms with van der Waals surface area (Å²) >= 11 is 7.47. The number of amides is 1. The minimum atomic E-state index is -0.245. The summed E-state index contributed by atoms with van der Waals surface area (Å²) in [5.74, 6) is 0.365. The molecule has 0 aliphatic carbocycles. The standard InChI is InChI=1S/C21H22ClN3O3S/c1-14-10-16(3-4-17(14)22)28-13-20(26)24-21-23-18-5-2-15(11-19(18)29-21)12-25-6-8-27-9-7-25/h2-5,10-11H,6-9,12-13H2,1H3,(H,23,24,26). The smallest absolute Gasteiger partial charge is 0.264 e. The van der Waals surface area contributed by atoms with Crippen LogP contribution < -0.4 is 10.1 Å². The van der Waals surface area contributed by atoms with Crippen molar-refractivity contribution in [3.63, 3.8) is 0 Å². The molecule has 1 aliphatic heterocycles. The summed E-state index contributed by atoms with van der Waals surface area (Å²) in [5, 5.41) is 4.06. The van der Waals surface area contributed by atoms with Gasteiger partial charge in [-0.15, -0.1) is 0 Å². The Morgan fingerprint density at radius 3 is 2.90 bits per heavy atom. The highest BCUT2D eigenvalue weighted by Crippen LogP contribution is 2.27. The van der Waals surface area contributed by atoms with Gasteiger partial charge in [0.2, 0.25) is 0 Å². The number of thiazole rings is 1. The van der Waals surface area contributed by atoms with Crippen molar-refractivity contribution in [3.8, 4) is 5.75 Å². The number of fused-ring (bicyclic) bond motifs is 1. The highest BCUT2D eigenvalue weighted by molar-refractivity contribution is 7.22. The zero-order valence-corrected chi connectivity index (χ0v) is 17.7. The molecule has 1 saturated heterocycles. The van der Waals surface area contributed by atoms with Crippen molar-refractivity contribution in [3.05, 3.63) is 52.5 Å². The van der Waals surface area contributed by atoms with E-state index >= 15 is 0 Å². The number of morpholine rings is 1. The Bertz CT molecular complexity index is 1020. The zero-order valence-electron chi connectivity index (χ0n) is 16.1. The molecule has 1 N–H and O–H groups in total.